The van der Waals surface area contributed by atoms with Crippen LogP contribution in [-0.4, -0.2) is 80.2 Å². The summed E-state index contributed by atoms with van der Waals surface area (Å²) >= 11 is 0. The largest absolute Gasteiger partial charge is 0.345 e. The highest BCUT2D eigenvalue weighted by atomic mass is 32.2. The first-order valence-electron chi connectivity index (χ1n) is 10.3. The summed E-state index contributed by atoms with van der Waals surface area (Å²) in [6, 6.07) is 5.23. The second kappa shape index (κ2) is 7.99. The lowest BCUT2D eigenvalue weighted by Crippen LogP contribution is -2.39. The number of aromatic nitrogens is 2. The summed E-state index contributed by atoms with van der Waals surface area (Å²) in [5.41, 5.74) is 3.40. The first kappa shape index (κ1) is 21.4. The molecule has 0 aliphatic carbocycles. The average Bonchev–Trinajstić information content (AvgIpc) is 3.39. The minimum absolute atomic E-state index is 0.00857. The number of anilines is 1. The number of hydrogen-bond donors (Lipinski definition) is 1. The second-order valence-corrected chi connectivity index (χ2v) is 10.3. The van der Waals surface area contributed by atoms with Gasteiger partial charge in [-0.3, -0.25) is 19.0 Å². The van der Waals surface area contributed by atoms with Crippen LogP contribution in [0.4, 0.5) is 5.69 Å². The molecule has 2 aliphatic heterocycles. The lowest BCUT2D eigenvalue weighted by Gasteiger charge is -2.33. The average molecular weight is 446 g/mol. The van der Waals surface area contributed by atoms with Crippen LogP contribution in [0.3, 0.4) is 0 Å². The Morgan fingerprint density at radius 3 is 2.71 bits per heavy atom. The zero-order valence-corrected chi connectivity index (χ0v) is 18.8. The minimum Gasteiger partial charge on any atom is -0.345 e. The molecule has 1 N–H and O–H groups in total. The van der Waals surface area contributed by atoms with E-state index < -0.39 is 10.0 Å². The molecule has 10 heteroatoms. The number of likely N-dealkylation sites (tertiary alicyclic amines) is 1. The van der Waals surface area contributed by atoms with Gasteiger partial charge < -0.3 is 9.80 Å². The molecule has 1 aromatic carbocycles. The third kappa shape index (κ3) is 4.04. The molecular weight excluding hydrogens is 418 g/mol. The highest BCUT2D eigenvalue weighted by Crippen LogP contribution is 2.32. The molecule has 0 spiro atoms. The van der Waals surface area contributed by atoms with E-state index in [-0.39, 0.29) is 17.7 Å². The molecule has 2 amide bonds. The van der Waals surface area contributed by atoms with Gasteiger partial charge in [-0.1, -0.05) is 0 Å². The number of hydrogen-bond acceptors (Lipinski definition) is 5. The van der Waals surface area contributed by atoms with E-state index >= 15 is 0 Å². The first-order valence-corrected chi connectivity index (χ1v) is 12.2. The van der Waals surface area contributed by atoms with E-state index in [4.69, 9.17) is 0 Å². The summed E-state index contributed by atoms with van der Waals surface area (Å²) in [5.74, 6) is -0.180. The summed E-state index contributed by atoms with van der Waals surface area (Å²) < 4.78 is 25.3. The number of amides is 2. The number of nitrogens with one attached hydrogen (secondary N) is 1. The normalized spacial score (nSPS) is 18.7. The van der Waals surface area contributed by atoms with Gasteiger partial charge >= 0.3 is 0 Å². The molecule has 1 atom stereocenters. The number of carbonyl (C=O) groups excluding carboxylic acids is 2. The van der Waals surface area contributed by atoms with Crippen LogP contribution in [0, 0.1) is 0 Å². The number of fused-ring (bicyclic) bond motifs is 1. The van der Waals surface area contributed by atoms with Crippen LogP contribution in [0.1, 0.15) is 50.7 Å². The number of sulfonamides is 1. The molecule has 1 unspecified atom stereocenters. The van der Waals surface area contributed by atoms with Gasteiger partial charge in [-0.05, 0) is 43.0 Å². The fourth-order valence-corrected chi connectivity index (χ4v) is 5.41. The van der Waals surface area contributed by atoms with E-state index in [1.165, 1.54) is 15.5 Å². The van der Waals surface area contributed by atoms with Crippen molar-refractivity contribution in [3.63, 3.8) is 0 Å². The molecule has 2 aromatic rings. The maximum absolute atomic E-state index is 13.2. The van der Waals surface area contributed by atoms with Gasteiger partial charge in [0.2, 0.25) is 10.0 Å². The smallest absolute Gasteiger partial charge is 0.256 e. The zero-order valence-electron chi connectivity index (χ0n) is 18.0. The number of piperidine rings is 1. The van der Waals surface area contributed by atoms with Crippen LogP contribution in [0.25, 0.3) is 0 Å². The SMILES string of the molecule is CN(C)C(=O)c1cn[nH]c1C1CCCN(C(=O)c2ccc3c(c2)CCN3S(C)(=O)=O)C1. The molecule has 3 heterocycles. The van der Waals surface area contributed by atoms with Crippen LogP contribution in [-0.2, 0) is 16.4 Å². The molecule has 1 fully saturated rings. The Morgan fingerprint density at radius 2 is 2.00 bits per heavy atom. The van der Waals surface area contributed by atoms with Crippen molar-refractivity contribution in [2.24, 2.45) is 0 Å². The third-order valence-electron chi connectivity index (χ3n) is 6.00. The molecule has 0 bridgehead atoms. The van der Waals surface area contributed by atoms with Crippen LogP contribution >= 0.6 is 0 Å². The fourth-order valence-electron chi connectivity index (χ4n) is 4.45. The number of carbonyl (C=O) groups is 2. The van der Waals surface area contributed by atoms with Gasteiger partial charge in [0.15, 0.2) is 0 Å². The molecule has 166 valence electrons. The number of benzene rings is 1. The fraction of sp³-hybridized carbons (Fsp3) is 0.476. The molecule has 0 radical (unpaired) electrons. The Morgan fingerprint density at radius 1 is 1.23 bits per heavy atom. The summed E-state index contributed by atoms with van der Waals surface area (Å²) in [6.07, 6.45) is 5.04. The topological polar surface area (TPSA) is 107 Å². The molecule has 1 aromatic heterocycles. The summed E-state index contributed by atoms with van der Waals surface area (Å²) in [6.45, 7) is 1.55. The van der Waals surface area contributed by atoms with Gasteiger partial charge in [0.25, 0.3) is 11.8 Å². The molecular formula is C21H27N5O4S. The lowest BCUT2D eigenvalue weighted by atomic mass is 9.91. The predicted octanol–water partition coefficient (Wildman–Crippen LogP) is 1.45. The molecule has 2 aliphatic rings. The van der Waals surface area contributed by atoms with Crippen molar-refractivity contribution in [3.05, 3.63) is 46.8 Å². The Labute approximate surface area is 182 Å². The van der Waals surface area contributed by atoms with E-state index in [0.29, 0.717) is 42.9 Å². The standard InChI is InChI=1S/C21H27N5O4S/c1-24(2)21(28)17-12-22-23-19(17)16-5-4-9-25(13-16)20(27)15-6-7-18-14(11-15)8-10-26(18)31(3,29)30/h6-7,11-12,16H,4-5,8-10,13H2,1-3H3,(H,22,23). The van der Waals surface area contributed by atoms with Crippen molar-refractivity contribution in [2.75, 3.05) is 44.3 Å². The molecule has 4 rings (SSSR count). The summed E-state index contributed by atoms with van der Waals surface area (Å²) in [4.78, 5) is 29.0. The second-order valence-electron chi connectivity index (χ2n) is 8.42. The maximum atomic E-state index is 13.2. The third-order valence-corrected chi connectivity index (χ3v) is 7.18. The first-order chi connectivity index (χ1) is 14.7. The monoisotopic (exact) mass is 445 g/mol. The highest BCUT2D eigenvalue weighted by Gasteiger charge is 2.31. The Kier molecular flexibility index (Phi) is 5.50. The lowest BCUT2D eigenvalue weighted by molar-refractivity contribution is 0.0705. The van der Waals surface area contributed by atoms with Gasteiger partial charge in [-0.15, -0.1) is 0 Å². The number of aromatic amines is 1. The van der Waals surface area contributed by atoms with Crippen LogP contribution in [0.2, 0.25) is 0 Å². The Bertz CT molecular complexity index is 1120. The van der Waals surface area contributed by atoms with Gasteiger partial charge in [0.05, 0.1) is 29.4 Å². The van der Waals surface area contributed by atoms with Gasteiger partial charge in [-0.25, -0.2) is 8.42 Å². The molecule has 9 nitrogen and oxygen atoms in total. The van der Waals surface area contributed by atoms with E-state index in [0.717, 1.165) is 24.1 Å². The van der Waals surface area contributed by atoms with Crippen molar-refractivity contribution in [3.8, 4) is 0 Å². The minimum atomic E-state index is -3.32. The van der Waals surface area contributed by atoms with Gasteiger partial charge in [0, 0.05) is 45.2 Å². The van der Waals surface area contributed by atoms with Crippen molar-refractivity contribution in [1.29, 1.82) is 0 Å². The van der Waals surface area contributed by atoms with Crippen molar-refractivity contribution in [1.82, 2.24) is 20.0 Å². The van der Waals surface area contributed by atoms with Crippen LogP contribution in [0.5, 0.6) is 0 Å². The van der Waals surface area contributed by atoms with Gasteiger partial charge in [-0.2, -0.15) is 5.10 Å². The van der Waals surface area contributed by atoms with E-state index in [2.05, 4.69) is 10.2 Å². The van der Waals surface area contributed by atoms with Crippen molar-refractivity contribution in [2.45, 2.75) is 25.2 Å². The number of H-pyrrole nitrogens is 1. The quantitative estimate of drug-likeness (QED) is 0.767. The molecule has 1 saturated heterocycles. The zero-order chi connectivity index (χ0) is 22.3. The van der Waals surface area contributed by atoms with Crippen molar-refractivity contribution < 1.29 is 18.0 Å². The Hall–Kier alpha value is -2.88. The summed E-state index contributed by atoms with van der Waals surface area (Å²) in [5, 5.41) is 7.03. The highest BCUT2D eigenvalue weighted by molar-refractivity contribution is 7.92. The Balaban J connectivity index is 1.53. The predicted molar refractivity (Wildman–Crippen MR) is 117 cm³/mol. The molecule has 0 saturated carbocycles. The molecule has 31 heavy (non-hydrogen) atoms. The van der Waals surface area contributed by atoms with Crippen LogP contribution in [0.15, 0.2) is 24.4 Å². The van der Waals surface area contributed by atoms with E-state index in [1.807, 2.05) is 11.0 Å². The summed E-state index contributed by atoms with van der Waals surface area (Å²) in [7, 11) is 0.0843. The van der Waals surface area contributed by atoms with E-state index in [1.54, 1.807) is 32.4 Å². The van der Waals surface area contributed by atoms with Gasteiger partial charge in [0.1, 0.15) is 0 Å². The van der Waals surface area contributed by atoms with Crippen LogP contribution < -0.4 is 4.31 Å². The maximum Gasteiger partial charge on any atom is 0.256 e. The number of rotatable bonds is 4. The van der Waals surface area contributed by atoms with Crippen molar-refractivity contribution >= 4 is 27.5 Å². The van der Waals surface area contributed by atoms with E-state index in [9.17, 15) is 18.0 Å². The number of nitrogens with zero attached hydrogens (tertiary/aromatic N) is 4.